The van der Waals surface area contributed by atoms with Crippen molar-refractivity contribution in [1.82, 2.24) is 0 Å². The molecule has 0 unspecified atom stereocenters. The maximum absolute atomic E-state index is 11.4. The van der Waals surface area contributed by atoms with Crippen LogP contribution >= 0.6 is 0 Å². The molecule has 0 amide bonds. The summed E-state index contributed by atoms with van der Waals surface area (Å²) in [5.74, 6) is 3.08. The predicted octanol–water partition coefficient (Wildman–Crippen LogP) is 3.94. The second-order valence-corrected chi connectivity index (χ2v) is 7.08. The first-order valence-electron chi connectivity index (χ1n) is 7.85. The molecule has 0 aromatic heterocycles. The Balaban J connectivity index is 1.51. The molecule has 0 aromatic rings. The van der Waals surface area contributed by atoms with Crippen molar-refractivity contribution in [3.05, 3.63) is 0 Å². The van der Waals surface area contributed by atoms with Gasteiger partial charge in [-0.05, 0) is 81.5 Å². The Morgan fingerprint density at radius 2 is 1.67 bits per heavy atom. The summed E-state index contributed by atoms with van der Waals surface area (Å²) in [5.41, 5.74) is 0.626. The molecular weight excluding hydrogens is 224 g/mol. The van der Waals surface area contributed by atoms with Gasteiger partial charge in [-0.2, -0.15) is 0 Å². The molecule has 4 aliphatic carbocycles. The Morgan fingerprint density at radius 3 is 2.17 bits per heavy atom. The van der Waals surface area contributed by atoms with E-state index in [4.69, 9.17) is 4.74 Å². The number of ether oxygens (including phenoxy) is 1. The normalized spacial score (nSPS) is 41.1. The van der Waals surface area contributed by atoms with Crippen LogP contribution < -0.4 is 0 Å². The highest BCUT2D eigenvalue weighted by Gasteiger charge is 2.50. The third kappa shape index (κ3) is 2.44. The Hall–Kier alpha value is -0.530. The van der Waals surface area contributed by atoms with Crippen molar-refractivity contribution in [3.8, 4) is 0 Å². The molecular formula is C16H26O2. The lowest BCUT2D eigenvalue weighted by Crippen LogP contribution is -2.45. The first-order valence-corrected chi connectivity index (χ1v) is 7.85. The molecule has 102 valence electrons. The Bertz CT molecular complexity index is 286. The van der Waals surface area contributed by atoms with E-state index in [2.05, 4.69) is 0 Å². The van der Waals surface area contributed by atoms with Gasteiger partial charge in [0.2, 0.25) is 0 Å². The van der Waals surface area contributed by atoms with Crippen LogP contribution in [-0.4, -0.2) is 12.6 Å². The Morgan fingerprint density at radius 1 is 1.11 bits per heavy atom. The van der Waals surface area contributed by atoms with Gasteiger partial charge in [-0.1, -0.05) is 0 Å². The highest BCUT2D eigenvalue weighted by atomic mass is 16.5. The van der Waals surface area contributed by atoms with Gasteiger partial charge in [0.25, 0.3) is 0 Å². The van der Waals surface area contributed by atoms with Gasteiger partial charge in [-0.25, -0.2) is 0 Å². The van der Waals surface area contributed by atoms with E-state index in [1.165, 1.54) is 44.9 Å². The van der Waals surface area contributed by atoms with Crippen LogP contribution in [0.4, 0.5) is 0 Å². The zero-order chi connectivity index (χ0) is 12.6. The average Bonchev–Trinajstić information content (AvgIpc) is 2.26. The molecule has 0 aromatic carbocycles. The Kier molecular flexibility index (Phi) is 3.38. The number of hydrogen-bond acceptors (Lipinski definition) is 2. The van der Waals surface area contributed by atoms with E-state index in [1.807, 2.05) is 6.92 Å². The maximum Gasteiger partial charge on any atom is 0.305 e. The van der Waals surface area contributed by atoms with Crippen LogP contribution in [-0.2, 0) is 9.53 Å². The molecule has 2 nitrogen and oxygen atoms in total. The largest absolute Gasteiger partial charge is 0.466 e. The smallest absolute Gasteiger partial charge is 0.305 e. The molecule has 0 N–H and O–H groups in total. The Labute approximate surface area is 110 Å². The number of esters is 1. The van der Waals surface area contributed by atoms with E-state index >= 15 is 0 Å². The molecule has 4 aliphatic rings. The summed E-state index contributed by atoms with van der Waals surface area (Å²) in [7, 11) is 0. The molecule has 4 fully saturated rings. The maximum atomic E-state index is 11.4. The third-order valence-corrected chi connectivity index (χ3v) is 5.56. The van der Waals surface area contributed by atoms with Crippen molar-refractivity contribution in [1.29, 1.82) is 0 Å². The summed E-state index contributed by atoms with van der Waals surface area (Å²) in [5, 5.41) is 0. The van der Waals surface area contributed by atoms with Crippen LogP contribution in [0, 0.1) is 23.2 Å². The van der Waals surface area contributed by atoms with Crippen molar-refractivity contribution < 1.29 is 9.53 Å². The standard InChI is InChI=1S/C16H26O2/c1-2-18-15(17)4-3-5-16-9-12-6-13(10-16)8-14(7-12)11-16/h12-14H,2-11H2,1H3. The van der Waals surface area contributed by atoms with Gasteiger partial charge in [-0.3, -0.25) is 4.79 Å². The van der Waals surface area contributed by atoms with Crippen molar-refractivity contribution in [2.75, 3.05) is 6.61 Å². The van der Waals surface area contributed by atoms with Gasteiger partial charge < -0.3 is 4.74 Å². The number of hydrogen-bond donors (Lipinski definition) is 0. The van der Waals surface area contributed by atoms with Gasteiger partial charge >= 0.3 is 5.97 Å². The summed E-state index contributed by atoms with van der Waals surface area (Å²) in [4.78, 5) is 11.4. The summed E-state index contributed by atoms with van der Waals surface area (Å²) in [6.07, 6.45) is 11.9. The molecule has 4 saturated carbocycles. The molecule has 4 rings (SSSR count). The van der Waals surface area contributed by atoms with Crippen LogP contribution in [0.5, 0.6) is 0 Å². The quantitative estimate of drug-likeness (QED) is 0.691. The highest BCUT2D eigenvalue weighted by molar-refractivity contribution is 5.69. The zero-order valence-electron chi connectivity index (χ0n) is 11.6. The van der Waals surface area contributed by atoms with E-state index in [0.717, 1.165) is 24.2 Å². The predicted molar refractivity (Wildman–Crippen MR) is 71.1 cm³/mol. The van der Waals surface area contributed by atoms with Crippen molar-refractivity contribution >= 4 is 5.97 Å². The fourth-order valence-electron chi connectivity index (χ4n) is 5.44. The summed E-state index contributed by atoms with van der Waals surface area (Å²) < 4.78 is 5.02. The van der Waals surface area contributed by atoms with E-state index in [0.29, 0.717) is 18.4 Å². The van der Waals surface area contributed by atoms with Crippen LogP contribution in [0.2, 0.25) is 0 Å². The van der Waals surface area contributed by atoms with E-state index < -0.39 is 0 Å². The number of carbonyl (C=O) groups is 1. The van der Waals surface area contributed by atoms with Crippen molar-refractivity contribution in [3.63, 3.8) is 0 Å². The van der Waals surface area contributed by atoms with E-state index in [1.54, 1.807) is 0 Å². The summed E-state index contributed by atoms with van der Waals surface area (Å²) in [6, 6.07) is 0. The zero-order valence-corrected chi connectivity index (χ0v) is 11.6. The minimum absolute atomic E-state index is 0.00206. The van der Waals surface area contributed by atoms with E-state index in [9.17, 15) is 4.79 Å². The molecule has 0 aliphatic heterocycles. The third-order valence-electron chi connectivity index (χ3n) is 5.56. The lowest BCUT2D eigenvalue weighted by atomic mass is 9.48. The van der Waals surface area contributed by atoms with Gasteiger partial charge in [-0.15, -0.1) is 0 Å². The van der Waals surface area contributed by atoms with Gasteiger partial charge in [0, 0.05) is 6.42 Å². The molecule has 0 spiro atoms. The molecule has 0 radical (unpaired) electrons. The lowest BCUT2D eigenvalue weighted by molar-refractivity contribution is -0.143. The van der Waals surface area contributed by atoms with Gasteiger partial charge in [0.15, 0.2) is 0 Å². The minimum atomic E-state index is 0.00206. The van der Waals surface area contributed by atoms with Crippen molar-refractivity contribution in [2.45, 2.75) is 64.7 Å². The molecule has 0 atom stereocenters. The van der Waals surface area contributed by atoms with E-state index in [-0.39, 0.29) is 5.97 Å². The topological polar surface area (TPSA) is 26.3 Å². The van der Waals surface area contributed by atoms with Crippen LogP contribution in [0.15, 0.2) is 0 Å². The SMILES string of the molecule is CCOC(=O)CCCC12CC3CC(CC(C3)C1)C2. The molecule has 0 saturated heterocycles. The lowest BCUT2D eigenvalue weighted by Gasteiger charge is -2.57. The summed E-state index contributed by atoms with van der Waals surface area (Å²) in [6.45, 7) is 2.41. The molecule has 18 heavy (non-hydrogen) atoms. The van der Waals surface area contributed by atoms with Crippen LogP contribution in [0.25, 0.3) is 0 Å². The van der Waals surface area contributed by atoms with Gasteiger partial charge in [0.1, 0.15) is 0 Å². The van der Waals surface area contributed by atoms with Gasteiger partial charge in [0.05, 0.1) is 6.61 Å². The summed E-state index contributed by atoms with van der Waals surface area (Å²) >= 11 is 0. The first-order chi connectivity index (χ1) is 8.69. The number of rotatable bonds is 5. The van der Waals surface area contributed by atoms with Crippen LogP contribution in [0.1, 0.15) is 64.7 Å². The fraction of sp³-hybridized carbons (Fsp3) is 0.938. The second kappa shape index (κ2) is 4.86. The fourth-order valence-corrected chi connectivity index (χ4v) is 5.44. The number of carbonyl (C=O) groups excluding carboxylic acids is 1. The monoisotopic (exact) mass is 250 g/mol. The molecule has 2 heteroatoms. The highest BCUT2D eigenvalue weighted by Crippen LogP contribution is 2.61. The molecule has 0 heterocycles. The second-order valence-electron chi connectivity index (χ2n) is 7.08. The van der Waals surface area contributed by atoms with Crippen molar-refractivity contribution in [2.24, 2.45) is 23.2 Å². The molecule has 4 bridgehead atoms. The van der Waals surface area contributed by atoms with Crippen LogP contribution in [0.3, 0.4) is 0 Å². The average molecular weight is 250 g/mol. The first kappa shape index (κ1) is 12.5. The minimum Gasteiger partial charge on any atom is -0.466 e.